The van der Waals surface area contributed by atoms with Crippen LogP contribution in [0.3, 0.4) is 0 Å². The maximum absolute atomic E-state index is 9.42. The summed E-state index contributed by atoms with van der Waals surface area (Å²) in [4.78, 5) is 0. The molecule has 3 unspecified atom stereocenters. The summed E-state index contributed by atoms with van der Waals surface area (Å²) in [6.45, 7) is 0. The van der Waals surface area contributed by atoms with Crippen LogP contribution in [0.2, 0.25) is 0 Å². The van der Waals surface area contributed by atoms with Gasteiger partial charge in [-0.15, -0.1) is 0 Å². The van der Waals surface area contributed by atoms with Crippen molar-refractivity contribution < 1.29 is 5.11 Å². The Morgan fingerprint density at radius 3 is 2.58 bits per heavy atom. The summed E-state index contributed by atoms with van der Waals surface area (Å²) < 4.78 is 0. The molecule has 1 saturated carbocycles. The van der Waals surface area contributed by atoms with Gasteiger partial charge in [-0.25, -0.2) is 0 Å². The van der Waals surface area contributed by atoms with Gasteiger partial charge in [0.15, 0.2) is 0 Å². The van der Waals surface area contributed by atoms with Gasteiger partial charge in [-0.2, -0.15) is 0 Å². The second kappa shape index (κ2) is 3.61. The maximum atomic E-state index is 9.42. The molecule has 0 spiro atoms. The van der Waals surface area contributed by atoms with E-state index >= 15 is 0 Å². The van der Waals surface area contributed by atoms with Crippen LogP contribution in [0, 0.1) is 11.8 Å². The van der Waals surface area contributed by atoms with E-state index in [2.05, 4.69) is 12.2 Å². The van der Waals surface area contributed by atoms with Gasteiger partial charge < -0.3 is 5.11 Å². The van der Waals surface area contributed by atoms with Crippen molar-refractivity contribution in [2.45, 2.75) is 44.6 Å². The van der Waals surface area contributed by atoms with E-state index in [1.165, 1.54) is 32.1 Å². The van der Waals surface area contributed by atoms with E-state index in [4.69, 9.17) is 0 Å². The lowest BCUT2D eigenvalue weighted by atomic mass is 9.74. The molecule has 0 aromatic rings. The molecule has 0 saturated heterocycles. The monoisotopic (exact) mass is 166 g/mol. The van der Waals surface area contributed by atoms with E-state index in [0.717, 1.165) is 12.3 Å². The zero-order chi connectivity index (χ0) is 8.39. The fourth-order valence-corrected chi connectivity index (χ4v) is 2.32. The van der Waals surface area contributed by atoms with Crippen molar-refractivity contribution in [1.29, 1.82) is 0 Å². The van der Waals surface area contributed by atoms with E-state index in [0.29, 0.717) is 5.92 Å². The third kappa shape index (κ3) is 1.71. The van der Waals surface area contributed by atoms with E-state index in [-0.39, 0.29) is 6.10 Å². The molecule has 0 aromatic carbocycles. The molecular weight excluding hydrogens is 148 g/mol. The summed E-state index contributed by atoms with van der Waals surface area (Å²) in [6, 6.07) is 0. The van der Waals surface area contributed by atoms with Crippen LogP contribution in [0.4, 0.5) is 0 Å². The fraction of sp³-hybridized carbons (Fsp3) is 0.818. The second-order valence-electron chi connectivity index (χ2n) is 4.29. The van der Waals surface area contributed by atoms with Gasteiger partial charge >= 0.3 is 0 Å². The molecule has 2 aliphatic carbocycles. The summed E-state index contributed by atoms with van der Waals surface area (Å²) in [5.41, 5.74) is 0. The van der Waals surface area contributed by atoms with Crippen LogP contribution in [0.1, 0.15) is 38.5 Å². The summed E-state index contributed by atoms with van der Waals surface area (Å²) in [5.74, 6) is 1.51. The predicted molar refractivity (Wildman–Crippen MR) is 49.8 cm³/mol. The van der Waals surface area contributed by atoms with Gasteiger partial charge in [0.05, 0.1) is 6.10 Å². The van der Waals surface area contributed by atoms with Crippen molar-refractivity contribution >= 4 is 0 Å². The van der Waals surface area contributed by atoms with Crippen molar-refractivity contribution in [2.75, 3.05) is 0 Å². The van der Waals surface area contributed by atoms with Crippen LogP contribution >= 0.6 is 0 Å². The van der Waals surface area contributed by atoms with Crippen molar-refractivity contribution in [3.8, 4) is 0 Å². The zero-order valence-electron chi connectivity index (χ0n) is 7.58. The third-order valence-electron chi connectivity index (χ3n) is 3.39. The molecule has 0 aliphatic heterocycles. The largest absolute Gasteiger partial charge is 0.393 e. The Hall–Kier alpha value is -0.300. The molecule has 0 amide bonds. The van der Waals surface area contributed by atoms with E-state index in [1.807, 2.05) is 0 Å². The van der Waals surface area contributed by atoms with Gasteiger partial charge in [0.25, 0.3) is 0 Å². The number of hydrogen-bond acceptors (Lipinski definition) is 1. The number of hydrogen-bond donors (Lipinski definition) is 1. The molecule has 1 nitrogen and oxygen atoms in total. The number of aliphatic hydroxyl groups is 1. The lowest BCUT2D eigenvalue weighted by Gasteiger charge is -2.35. The molecule has 0 radical (unpaired) electrons. The SMILES string of the molecule is OC1CCC1CC1CC=CCC1. The van der Waals surface area contributed by atoms with Gasteiger partial charge in [-0.05, 0) is 50.4 Å². The summed E-state index contributed by atoms with van der Waals surface area (Å²) in [5, 5.41) is 9.42. The molecule has 3 atom stereocenters. The standard InChI is InChI=1S/C11H18O/c12-11-7-6-10(11)8-9-4-2-1-3-5-9/h1-2,9-12H,3-8H2. The lowest BCUT2D eigenvalue weighted by molar-refractivity contribution is 0.00976. The van der Waals surface area contributed by atoms with Gasteiger partial charge in [0.2, 0.25) is 0 Å². The Labute approximate surface area is 74.5 Å². The summed E-state index contributed by atoms with van der Waals surface area (Å²) in [6.07, 6.45) is 12.1. The molecule has 1 N–H and O–H groups in total. The summed E-state index contributed by atoms with van der Waals surface area (Å²) >= 11 is 0. The number of rotatable bonds is 2. The normalized spacial score (nSPS) is 40.9. The highest BCUT2D eigenvalue weighted by Crippen LogP contribution is 2.36. The average Bonchev–Trinajstić information content (AvgIpc) is 2.14. The fourth-order valence-electron chi connectivity index (χ4n) is 2.32. The topological polar surface area (TPSA) is 20.2 Å². The van der Waals surface area contributed by atoms with E-state index in [1.54, 1.807) is 0 Å². The Bertz CT molecular complexity index is 174. The van der Waals surface area contributed by atoms with Crippen molar-refractivity contribution in [1.82, 2.24) is 0 Å². The quantitative estimate of drug-likeness (QED) is 0.625. The molecule has 68 valence electrons. The van der Waals surface area contributed by atoms with Crippen LogP contribution in [0.15, 0.2) is 12.2 Å². The van der Waals surface area contributed by atoms with Crippen LogP contribution in [-0.4, -0.2) is 11.2 Å². The van der Waals surface area contributed by atoms with Gasteiger partial charge in [-0.1, -0.05) is 12.2 Å². The Morgan fingerprint density at radius 1 is 1.17 bits per heavy atom. The predicted octanol–water partition coefficient (Wildman–Crippen LogP) is 2.50. The van der Waals surface area contributed by atoms with Crippen molar-refractivity contribution in [3.05, 3.63) is 12.2 Å². The average molecular weight is 166 g/mol. The van der Waals surface area contributed by atoms with E-state index in [9.17, 15) is 5.11 Å². The first-order chi connectivity index (χ1) is 5.86. The molecule has 0 aromatic heterocycles. The highest BCUT2D eigenvalue weighted by Gasteiger charge is 2.30. The van der Waals surface area contributed by atoms with Crippen molar-refractivity contribution in [3.63, 3.8) is 0 Å². The van der Waals surface area contributed by atoms with Crippen molar-refractivity contribution in [2.24, 2.45) is 11.8 Å². The van der Waals surface area contributed by atoms with E-state index < -0.39 is 0 Å². The lowest BCUT2D eigenvalue weighted by Crippen LogP contribution is -2.32. The summed E-state index contributed by atoms with van der Waals surface area (Å²) in [7, 11) is 0. The van der Waals surface area contributed by atoms with Crippen LogP contribution in [0.25, 0.3) is 0 Å². The maximum Gasteiger partial charge on any atom is 0.0568 e. The first-order valence-corrected chi connectivity index (χ1v) is 5.19. The highest BCUT2D eigenvalue weighted by molar-refractivity contribution is 4.92. The van der Waals surface area contributed by atoms with Gasteiger partial charge in [0.1, 0.15) is 0 Å². The zero-order valence-corrected chi connectivity index (χ0v) is 7.58. The smallest absolute Gasteiger partial charge is 0.0568 e. The first-order valence-electron chi connectivity index (χ1n) is 5.19. The molecule has 2 rings (SSSR count). The Balaban J connectivity index is 1.75. The number of aliphatic hydroxyl groups excluding tert-OH is 1. The Kier molecular flexibility index (Phi) is 2.50. The minimum absolute atomic E-state index is 0.0379. The molecule has 1 fully saturated rings. The second-order valence-corrected chi connectivity index (χ2v) is 4.29. The van der Waals surface area contributed by atoms with Gasteiger partial charge in [-0.3, -0.25) is 0 Å². The van der Waals surface area contributed by atoms with Crippen LogP contribution in [-0.2, 0) is 0 Å². The molecule has 2 aliphatic rings. The molecule has 1 heteroatoms. The minimum Gasteiger partial charge on any atom is -0.393 e. The Morgan fingerprint density at radius 2 is 2.08 bits per heavy atom. The van der Waals surface area contributed by atoms with Gasteiger partial charge in [0, 0.05) is 0 Å². The van der Waals surface area contributed by atoms with Crippen LogP contribution < -0.4 is 0 Å². The molecule has 0 heterocycles. The first kappa shape index (κ1) is 8.31. The molecule has 0 bridgehead atoms. The highest BCUT2D eigenvalue weighted by atomic mass is 16.3. The molecule has 12 heavy (non-hydrogen) atoms. The van der Waals surface area contributed by atoms with Crippen LogP contribution in [0.5, 0.6) is 0 Å². The molecular formula is C11H18O. The minimum atomic E-state index is 0.0379. The number of allylic oxidation sites excluding steroid dienone is 2. The third-order valence-corrected chi connectivity index (χ3v) is 3.39.